The van der Waals surface area contributed by atoms with Crippen LogP contribution in [0.3, 0.4) is 0 Å². The summed E-state index contributed by atoms with van der Waals surface area (Å²) in [5, 5.41) is 0.270. The number of hydrogen-bond acceptors (Lipinski definition) is 5. The molecule has 0 aliphatic heterocycles. The van der Waals surface area contributed by atoms with E-state index in [-0.39, 0.29) is 33.4 Å². The smallest absolute Gasteiger partial charge is 0.264 e. The molecule has 0 saturated carbocycles. The second-order valence-electron chi connectivity index (χ2n) is 7.75. The number of nitrogens with zero attached hydrogens (tertiary/aromatic N) is 2. The van der Waals surface area contributed by atoms with E-state index in [4.69, 9.17) is 16.3 Å². The van der Waals surface area contributed by atoms with Gasteiger partial charge in [-0.3, -0.25) is 0 Å². The van der Waals surface area contributed by atoms with Crippen molar-refractivity contribution in [1.82, 2.24) is 9.97 Å². The average molecular weight is 498 g/mol. The summed E-state index contributed by atoms with van der Waals surface area (Å²) in [4.78, 5) is 8.57. The number of benzene rings is 3. The first-order valence-corrected chi connectivity index (χ1v) is 12.3. The molecule has 0 aliphatic rings. The predicted molar refractivity (Wildman–Crippen MR) is 130 cm³/mol. The Balaban J connectivity index is 1.81. The van der Waals surface area contributed by atoms with Crippen molar-refractivity contribution >= 4 is 27.6 Å². The van der Waals surface area contributed by atoms with E-state index in [1.807, 2.05) is 38.1 Å². The van der Waals surface area contributed by atoms with Crippen LogP contribution in [0.1, 0.15) is 25.3 Å². The molecular formula is C25H21ClFN3O3S. The number of hydrogen-bond donors (Lipinski definition) is 1. The van der Waals surface area contributed by atoms with Crippen LogP contribution in [0.2, 0.25) is 5.02 Å². The quantitative estimate of drug-likeness (QED) is 0.309. The summed E-state index contributed by atoms with van der Waals surface area (Å²) >= 11 is 5.96. The van der Waals surface area contributed by atoms with Crippen molar-refractivity contribution < 1.29 is 17.5 Å². The molecule has 0 radical (unpaired) electrons. The summed E-state index contributed by atoms with van der Waals surface area (Å²) in [7, 11) is -4.05. The number of aromatic nitrogens is 2. The zero-order valence-corrected chi connectivity index (χ0v) is 19.9. The van der Waals surface area contributed by atoms with Crippen molar-refractivity contribution in [2.24, 2.45) is 0 Å². The van der Waals surface area contributed by atoms with Gasteiger partial charge in [-0.15, -0.1) is 0 Å². The first-order chi connectivity index (χ1) is 16.2. The van der Waals surface area contributed by atoms with Gasteiger partial charge in [-0.05, 0) is 41.8 Å². The average Bonchev–Trinajstić information content (AvgIpc) is 2.80. The minimum atomic E-state index is -4.05. The highest BCUT2D eigenvalue weighted by atomic mass is 35.5. The van der Waals surface area contributed by atoms with Crippen molar-refractivity contribution in [2.75, 3.05) is 4.72 Å². The van der Waals surface area contributed by atoms with Gasteiger partial charge < -0.3 is 4.74 Å². The summed E-state index contributed by atoms with van der Waals surface area (Å²) in [6, 6.07) is 20.9. The highest BCUT2D eigenvalue weighted by Crippen LogP contribution is 2.32. The molecule has 0 fully saturated rings. The molecule has 174 valence electrons. The van der Waals surface area contributed by atoms with Crippen molar-refractivity contribution in [3.05, 3.63) is 95.3 Å². The number of anilines is 1. The number of para-hydroxylation sites is 1. The molecule has 0 amide bonds. The second kappa shape index (κ2) is 9.79. The van der Waals surface area contributed by atoms with Gasteiger partial charge in [-0.1, -0.05) is 67.9 Å². The van der Waals surface area contributed by atoms with Crippen LogP contribution in [-0.4, -0.2) is 18.4 Å². The molecule has 3 aromatic carbocycles. The van der Waals surface area contributed by atoms with Crippen LogP contribution in [0, 0.1) is 5.82 Å². The Morgan fingerprint density at radius 3 is 2.41 bits per heavy atom. The van der Waals surface area contributed by atoms with Gasteiger partial charge in [-0.25, -0.2) is 22.5 Å². The molecule has 0 bridgehead atoms. The van der Waals surface area contributed by atoms with Gasteiger partial charge in [0.1, 0.15) is 0 Å². The Hall–Kier alpha value is -3.49. The number of sulfonamides is 1. The minimum absolute atomic E-state index is 0.0162. The largest absolute Gasteiger partial charge is 0.436 e. The summed E-state index contributed by atoms with van der Waals surface area (Å²) in [5.74, 6) is -0.687. The van der Waals surface area contributed by atoms with E-state index < -0.39 is 15.8 Å². The van der Waals surface area contributed by atoms with Crippen LogP contribution < -0.4 is 9.46 Å². The fraction of sp³-hybridized carbons (Fsp3) is 0.120. The molecule has 4 rings (SSSR count). The monoisotopic (exact) mass is 497 g/mol. The van der Waals surface area contributed by atoms with E-state index in [1.165, 1.54) is 36.4 Å². The maximum absolute atomic E-state index is 14.2. The molecule has 9 heteroatoms. The normalized spacial score (nSPS) is 11.4. The second-order valence-corrected chi connectivity index (χ2v) is 9.87. The van der Waals surface area contributed by atoms with Crippen LogP contribution in [0.5, 0.6) is 11.6 Å². The van der Waals surface area contributed by atoms with Gasteiger partial charge in [0, 0.05) is 16.7 Å². The molecule has 1 aromatic heterocycles. The number of halogens is 2. The molecular weight excluding hydrogens is 477 g/mol. The molecule has 0 spiro atoms. The zero-order valence-electron chi connectivity index (χ0n) is 18.4. The molecule has 1 N–H and O–H groups in total. The van der Waals surface area contributed by atoms with E-state index in [1.54, 1.807) is 18.2 Å². The maximum Gasteiger partial charge on any atom is 0.264 e. The van der Waals surface area contributed by atoms with Crippen LogP contribution in [0.15, 0.2) is 83.8 Å². The van der Waals surface area contributed by atoms with Gasteiger partial charge in [-0.2, -0.15) is 4.98 Å². The van der Waals surface area contributed by atoms with Crippen LogP contribution in [0.25, 0.3) is 11.3 Å². The molecule has 1 heterocycles. The Morgan fingerprint density at radius 1 is 0.941 bits per heavy atom. The van der Waals surface area contributed by atoms with Crippen molar-refractivity contribution in [3.63, 3.8) is 0 Å². The Morgan fingerprint density at radius 2 is 1.68 bits per heavy atom. The van der Waals surface area contributed by atoms with E-state index in [9.17, 15) is 12.8 Å². The molecule has 34 heavy (non-hydrogen) atoms. The lowest BCUT2D eigenvalue weighted by Gasteiger charge is -2.15. The SMILES string of the molecule is CC(C)c1ccccc1-c1cc(Oc2ccccc2F)nc(NS(=O)(=O)c2cccc(Cl)c2)n1. The molecule has 0 atom stereocenters. The number of ether oxygens (including phenoxy) is 1. The first kappa shape index (κ1) is 23.7. The van der Waals surface area contributed by atoms with Crippen molar-refractivity contribution in [2.45, 2.75) is 24.7 Å². The minimum Gasteiger partial charge on any atom is -0.436 e. The lowest BCUT2D eigenvalue weighted by Crippen LogP contribution is -2.15. The van der Waals surface area contributed by atoms with E-state index in [2.05, 4.69) is 14.7 Å². The Labute approximate surface area is 202 Å². The van der Waals surface area contributed by atoms with Crippen LogP contribution >= 0.6 is 11.6 Å². The topological polar surface area (TPSA) is 81.2 Å². The van der Waals surface area contributed by atoms with Crippen molar-refractivity contribution in [3.8, 4) is 22.9 Å². The van der Waals surface area contributed by atoms with Gasteiger partial charge in [0.25, 0.3) is 10.0 Å². The molecule has 4 aromatic rings. The van der Waals surface area contributed by atoms with Crippen LogP contribution in [0.4, 0.5) is 10.3 Å². The zero-order chi connectivity index (χ0) is 24.3. The Kier molecular flexibility index (Phi) is 6.81. The number of rotatable bonds is 7. The van der Waals surface area contributed by atoms with E-state index >= 15 is 0 Å². The molecule has 0 unspecified atom stereocenters. The lowest BCUT2D eigenvalue weighted by atomic mass is 9.95. The first-order valence-electron chi connectivity index (χ1n) is 10.4. The van der Waals surface area contributed by atoms with Crippen LogP contribution in [-0.2, 0) is 10.0 Å². The lowest BCUT2D eigenvalue weighted by molar-refractivity contribution is 0.427. The highest BCUT2D eigenvalue weighted by molar-refractivity contribution is 7.92. The van der Waals surface area contributed by atoms with E-state index in [0.29, 0.717) is 5.69 Å². The predicted octanol–water partition coefficient (Wildman–Crippen LogP) is 6.65. The van der Waals surface area contributed by atoms with E-state index in [0.717, 1.165) is 11.1 Å². The molecule has 6 nitrogen and oxygen atoms in total. The van der Waals surface area contributed by atoms with Gasteiger partial charge in [0.15, 0.2) is 11.6 Å². The van der Waals surface area contributed by atoms with Crippen molar-refractivity contribution in [1.29, 1.82) is 0 Å². The number of nitrogens with one attached hydrogen (secondary N) is 1. The standard InChI is InChI=1S/C25H21ClFN3O3S/c1-16(2)19-10-3-4-11-20(19)22-15-24(33-23-13-6-5-12-21(23)27)29-25(28-22)30-34(31,32)18-9-7-8-17(26)14-18/h3-16H,1-2H3,(H,28,29,30). The summed E-state index contributed by atoms with van der Waals surface area (Å²) in [5.41, 5.74) is 2.21. The van der Waals surface area contributed by atoms with Gasteiger partial charge in [0.2, 0.25) is 11.8 Å². The summed E-state index contributed by atoms with van der Waals surface area (Å²) in [6.45, 7) is 4.08. The summed E-state index contributed by atoms with van der Waals surface area (Å²) < 4.78 is 48.2. The summed E-state index contributed by atoms with van der Waals surface area (Å²) in [6.07, 6.45) is 0. The maximum atomic E-state index is 14.2. The molecule has 0 aliphatic carbocycles. The third kappa shape index (κ3) is 5.35. The third-order valence-corrected chi connectivity index (χ3v) is 6.51. The molecule has 0 saturated heterocycles. The third-order valence-electron chi connectivity index (χ3n) is 4.94. The fourth-order valence-corrected chi connectivity index (χ4v) is 4.59. The Bertz CT molecular complexity index is 1450. The fourth-order valence-electron chi connectivity index (χ4n) is 3.35. The highest BCUT2D eigenvalue weighted by Gasteiger charge is 2.19. The van der Waals surface area contributed by atoms with Gasteiger partial charge >= 0.3 is 0 Å². The van der Waals surface area contributed by atoms with Gasteiger partial charge in [0.05, 0.1) is 10.6 Å².